The lowest BCUT2D eigenvalue weighted by Crippen LogP contribution is -2.47. The van der Waals surface area contributed by atoms with Gasteiger partial charge in [-0.1, -0.05) is 19.1 Å². The highest BCUT2D eigenvalue weighted by molar-refractivity contribution is 5.99. The first kappa shape index (κ1) is 12.9. The smallest absolute Gasteiger partial charge is 0.253 e. The second-order valence-corrected chi connectivity index (χ2v) is 4.79. The third-order valence-electron chi connectivity index (χ3n) is 3.49. The number of nitrogens with two attached hydrogens (primary N) is 1. The number of likely N-dealkylation sites (tertiary alicyclic amines) is 1. The Kier molecular flexibility index (Phi) is 4.20. The minimum absolute atomic E-state index is 0.0592. The van der Waals surface area contributed by atoms with Crippen LogP contribution in [0.25, 0.3) is 0 Å². The van der Waals surface area contributed by atoms with Gasteiger partial charge in [0.15, 0.2) is 0 Å². The Hall–Kier alpha value is -1.55. The SMILES string of the molecule is CCN1CCCC(NC(=O)c2ccccc2N)C1. The van der Waals surface area contributed by atoms with E-state index in [-0.39, 0.29) is 11.9 Å². The topological polar surface area (TPSA) is 58.4 Å². The number of hydrogen-bond acceptors (Lipinski definition) is 3. The Balaban J connectivity index is 1.97. The lowest BCUT2D eigenvalue weighted by atomic mass is 10.0. The molecule has 1 fully saturated rings. The molecule has 1 aromatic rings. The maximum absolute atomic E-state index is 12.1. The molecule has 2 rings (SSSR count). The Morgan fingerprint density at radius 3 is 3.00 bits per heavy atom. The summed E-state index contributed by atoms with van der Waals surface area (Å²) in [6.07, 6.45) is 2.19. The number of piperidine rings is 1. The lowest BCUT2D eigenvalue weighted by Gasteiger charge is -2.32. The molecule has 1 aliphatic heterocycles. The van der Waals surface area contributed by atoms with Crippen LogP contribution in [-0.4, -0.2) is 36.5 Å². The zero-order chi connectivity index (χ0) is 13.0. The van der Waals surface area contributed by atoms with E-state index in [9.17, 15) is 4.79 Å². The van der Waals surface area contributed by atoms with E-state index in [2.05, 4.69) is 17.1 Å². The molecule has 1 amide bonds. The van der Waals surface area contributed by atoms with Crippen molar-refractivity contribution in [3.8, 4) is 0 Å². The Morgan fingerprint density at radius 2 is 2.28 bits per heavy atom. The predicted octanol–water partition coefficient (Wildman–Crippen LogP) is 1.48. The summed E-state index contributed by atoms with van der Waals surface area (Å²) in [6.45, 7) is 5.27. The van der Waals surface area contributed by atoms with E-state index in [0.29, 0.717) is 11.3 Å². The van der Waals surface area contributed by atoms with E-state index in [4.69, 9.17) is 5.73 Å². The molecule has 4 nitrogen and oxygen atoms in total. The number of carbonyl (C=O) groups excluding carboxylic acids is 1. The zero-order valence-electron chi connectivity index (χ0n) is 10.9. The number of nitrogens with zero attached hydrogens (tertiary/aromatic N) is 1. The number of hydrogen-bond donors (Lipinski definition) is 2. The van der Waals surface area contributed by atoms with Gasteiger partial charge in [-0.2, -0.15) is 0 Å². The van der Waals surface area contributed by atoms with Crippen molar-refractivity contribution in [1.82, 2.24) is 10.2 Å². The molecule has 0 bridgehead atoms. The van der Waals surface area contributed by atoms with Gasteiger partial charge in [0, 0.05) is 18.3 Å². The fourth-order valence-electron chi connectivity index (χ4n) is 2.43. The number of benzene rings is 1. The number of anilines is 1. The van der Waals surface area contributed by atoms with Crippen molar-refractivity contribution in [2.75, 3.05) is 25.4 Å². The van der Waals surface area contributed by atoms with Crippen molar-refractivity contribution < 1.29 is 4.79 Å². The Bertz CT molecular complexity index is 419. The van der Waals surface area contributed by atoms with Crippen LogP contribution < -0.4 is 11.1 Å². The fraction of sp³-hybridized carbons (Fsp3) is 0.500. The second-order valence-electron chi connectivity index (χ2n) is 4.79. The number of para-hydroxylation sites is 1. The van der Waals surface area contributed by atoms with Crippen LogP contribution in [0.1, 0.15) is 30.1 Å². The lowest BCUT2D eigenvalue weighted by molar-refractivity contribution is 0.0907. The van der Waals surface area contributed by atoms with Crippen LogP contribution in [0.5, 0.6) is 0 Å². The number of likely N-dealkylation sites (N-methyl/N-ethyl adjacent to an activating group) is 1. The molecule has 4 heteroatoms. The van der Waals surface area contributed by atoms with Crippen molar-refractivity contribution in [3.63, 3.8) is 0 Å². The molecule has 1 heterocycles. The highest BCUT2D eigenvalue weighted by Crippen LogP contribution is 2.13. The van der Waals surface area contributed by atoms with Gasteiger partial charge in [0.1, 0.15) is 0 Å². The van der Waals surface area contributed by atoms with Gasteiger partial charge in [0.25, 0.3) is 5.91 Å². The Morgan fingerprint density at radius 1 is 1.50 bits per heavy atom. The van der Waals surface area contributed by atoms with E-state index < -0.39 is 0 Å². The molecule has 3 N–H and O–H groups in total. The minimum atomic E-state index is -0.0592. The van der Waals surface area contributed by atoms with Crippen LogP contribution in [0, 0.1) is 0 Å². The maximum Gasteiger partial charge on any atom is 0.253 e. The van der Waals surface area contributed by atoms with Gasteiger partial charge < -0.3 is 16.0 Å². The van der Waals surface area contributed by atoms with Crippen LogP contribution in [0.2, 0.25) is 0 Å². The molecule has 0 aliphatic carbocycles. The molecule has 1 saturated heterocycles. The minimum Gasteiger partial charge on any atom is -0.398 e. The van der Waals surface area contributed by atoms with Crippen LogP contribution in [0.3, 0.4) is 0 Å². The Labute approximate surface area is 108 Å². The third kappa shape index (κ3) is 3.01. The quantitative estimate of drug-likeness (QED) is 0.795. The molecule has 0 saturated carbocycles. The van der Waals surface area contributed by atoms with Crippen LogP contribution in [-0.2, 0) is 0 Å². The normalized spacial score (nSPS) is 20.6. The summed E-state index contributed by atoms with van der Waals surface area (Å²) in [4.78, 5) is 14.5. The zero-order valence-corrected chi connectivity index (χ0v) is 10.9. The van der Waals surface area contributed by atoms with Gasteiger partial charge in [0.2, 0.25) is 0 Å². The van der Waals surface area contributed by atoms with Crippen molar-refractivity contribution in [3.05, 3.63) is 29.8 Å². The van der Waals surface area contributed by atoms with Crippen molar-refractivity contribution in [2.45, 2.75) is 25.8 Å². The first-order valence-corrected chi connectivity index (χ1v) is 6.58. The number of carbonyl (C=O) groups is 1. The van der Waals surface area contributed by atoms with E-state index in [1.54, 1.807) is 12.1 Å². The van der Waals surface area contributed by atoms with Gasteiger partial charge in [-0.15, -0.1) is 0 Å². The summed E-state index contributed by atoms with van der Waals surface area (Å²) >= 11 is 0. The average Bonchev–Trinajstić information content (AvgIpc) is 2.39. The molecule has 0 aromatic heterocycles. The van der Waals surface area contributed by atoms with Gasteiger partial charge >= 0.3 is 0 Å². The van der Waals surface area contributed by atoms with E-state index in [1.165, 1.54) is 0 Å². The van der Waals surface area contributed by atoms with E-state index in [0.717, 1.165) is 32.5 Å². The molecule has 1 aliphatic rings. The monoisotopic (exact) mass is 247 g/mol. The number of rotatable bonds is 3. The molecule has 98 valence electrons. The van der Waals surface area contributed by atoms with Gasteiger partial charge in [-0.05, 0) is 38.1 Å². The summed E-state index contributed by atoms with van der Waals surface area (Å²) in [5.74, 6) is -0.0592. The number of nitrogen functional groups attached to an aromatic ring is 1. The first-order valence-electron chi connectivity index (χ1n) is 6.58. The summed E-state index contributed by atoms with van der Waals surface area (Å²) in [6, 6.07) is 7.45. The van der Waals surface area contributed by atoms with Crippen LogP contribution >= 0.6 is 0 Å². The maximum atomic E-state index is 12.1. The van der Waals surface area contributed by atoms with Gasteiger partial charge in [0.05, 0.1) is 5.56 Å². The molecule has 1 aromatic carbocycles. The molecular weight excluding hydrogens is 226 g/mol. The summed E-state index contributed by atoms with van der Waals surface area (Å²) in [7, 11) is 0. The molecular formula is C14H21N3O. The predicted molar refractivity (Wildman–Crippen MR) is 73.5 cm³/mol. The highest BCUT2D eigenvalue weighted by Gasteiger charge is 2.21. The van der Waals surface area contributed by atoms with Gasteiger partial charge in [-0.25, -0.2) is 0 Å². The van der Waals surface area contributed by atoms with E-state index in [1.807, 2.05) is 12.1 Å². The molecule has 0 radical (unpaired) electrons. The van der Waals surface area contributed by atoms with E-state index >= 15 is 0 Å². The number of amides is 1. The third-order valence-corrected chi connectivity index (χ3v) is 3.49. The summed E-state index contributed by atoms with van der Waals surface area (Å²) in [5, 5.41) is 3.08. The standard InChI is InChI=1S/C14H21N3O/c1-2-17-9-5-6-11(10-17)16-14(18)12-7-3-4-8-13(12)15/h3-4,7-8,11H,2,5-6,9-10,15H2,1H3,(H,16,18). The van der Waals surface area contributed by atoms with Crippen molar-refractivity contribution in [2.24, 2.45) is 0 Å². The summed E-state index contributed by atoms with van der Waals surface area (Å²) in [5.41, 5.74) is 6.92. The van der Waals surface area contributed by atoms with Crippen molar-refractivity contribution in [1.29, 1.82) is 0 Å². The first-order chi connectivity index (χ1) is 8.70. The summed E-state index contributed by atoms with van der Waals surface area (Å²) < 4.78 is 0. The largest absolute Gasteiger partial charge is 0.398 e. The van der Waals surface area contributed by atoms with Crippen molar-refractivity contribution >= 4 is 11.6 Å². The van der Waals surface area contributed by atoms with Gasteiger partial charge in [-0.3, -0.25) is 4.79 Å². The molecule has 0 spiro atoms. The molecule has 1 unspecified atom stereocenters. The fourth-order valence-corrected chi connectivity index (χ4v) is 2.43. The second kappa shape index (κ2) is 5.87. The van der Waals surface area contributed by atoms with Crippen LogP contribution in [0.15, 0.2) is 24.3 Å². The number of nitrogens with one attached hydrogen (secondary N) is 1. The van der Waals surface area contributed by atoms with Crippen LogP contribution in [0.4, 0.5) is 5.69 Å². The average molecular weight is 247 g/mol. The molecule has 18 heavy (non-hydrogen) atoms. The molecule has 1 atom stereocenters. The highest BCUT2D eigenvalue weighted by atomic mass is 16.1.